The third-order valence-electron chi connectivity index (χ3n) is 9.52. The number of nitrogens with one attached hydrogen (secondary N) is 1. The van der Waals surface area contributed by atoms with Gasteiger partial charge in [-0.15, -0.1) is 20.4 Å². The summed E-state index contributed by atoms with van der Waals surface area (Å²) in [6.07, 6.45) is 8.53. The number of hydrogen-bond acceptors (Lipinski definition) is 11. The van der Waals surface area contributed by atoms with Crippen LogP contribution in [0.1, 0.15) is 71.4 Å². The molecule has 1 amide bonds. The molecule has 18 heteroatoms. The largest absolute Gasteiger partial charge is 0.355 e. The second kappa shape index (κ2) is 15.9. The topological polar surface area (TPSA) is 196 Å². The Bertz CT molecular complexity index is 2210. The van der Waals surface area contributed by atoms with Crippen LogP contribution in [0.25, 0.3) is 0 Å². The van der Waals surface area contributed by atoms with Crippen LogP contribution in [0.4, 0.5) is 11.4 Å². The van der Waals surface area contributed by atoms with E-state index in [1.807, 2.05) is 52.8 Å². The first kappa shape index (κ1) is 40.4. The first-order valence-corrected chi connectivity index (χ1v) is 21.3. The number of anilines is 1. The zero-order valence-electron chi connectivity index (χ0n) is 30.1. The summed E-state index contributed by atoms with van der Waals surface area (Å²) < 4.78 is 69.7. The summed E-state index contributed by atoms with van der Waals surface area (Å²) in [4.78, 5) is 14.2. The van der Waals surface area contributed by atoms with Crippen molar-refractivity contribution < 1.29 is 35.3 Å². The molecule has 0 aliphatic carbocycles. The minimum atomic E-state index is -4.42. The number of likely N-dealkylation sites (N-methyl/N-ethyl adjacent to an activating group) is 1. The number of aromatic nitrogens is 4. The maximum absolute atomic E-state index is 12.4. The second-order valence-electron chi connectivity index (χ2n) is 13.7. The molecule has 0 spiro atoms. The lowest BCUT2D eigenvalue weighted by Crippen LogP contribution is -2.28. The highest BCUT2D eigenvalue weighted by Crippen LogP contribution is 2.48. The van der Waals surface area contributed by atoms with E-state index in [0.29, 0.717) is 43.4 Å². The molecule has 1 aromatic heterocycles. The molecule has 284 valence electrons. The van der Waals surface area contributed by atoms with Crippen molar-refractivity contribution in [2.45, 2.75) is 86.1 Å². The van der Waals surface area contributed by atoms with Crippen molar-refractivity contribution in [3.05, 3.63) is 76.7 Å². The number of carbonyl (C=O) groups excluding carboxylic acids is 1. The molecule has 0 radical (unpaired) electrons. The van der Waals surface area contributed by atoms with Gasteiger partial charge in [0.25, 0.3) is 25.5 Å². The van der Waals surface area contributed by atoms with Crippen LogP contribution in [-0.4, -0.2) is 87.9 Å². The number of benzene rings is 2. The van der Waals surface area contributed by atoms with Gasteiger partial charge in [0.2, 0.25) is 16.8 Å². The number of thioether (sulfide) groups is 1. The molecule has 0 bridgehead atoms. The molecule has 14 nitrogen and oxygen atoms in total. The van der Waals surface area contributed by atoms with Crippen molar-refractivity contribution in [3.63, 3.8) is 0 Å². The quantitative estimate of drug-likeness (QED) is 0.0753. The van der Waals surface area contributed by atoms with E-state index in [9.17, 15) is 30.7 Å². The molecule has 3 N–H and O–H groups in total. The van der Waals surface area contributed by atoms with E-state index in [1.54, 1.807) is 12.1 Å². The summed E-state index contributed by atoms with van der Waals surface area (Å²) >= 11 is 6.91. The minimum Gasteiger partial charge on any atom is -0.355 e. The highest BCUT2D eigenvalue weighted by Gasteiger charge is 2.45. The van der Waals surface area contributed by atoms with Gasteiger partial charge in [-0.25, -0.2) is 0 Å². The van der Waals surface area contributed by atoms with Crippen LogP contribution in [0, 0.1) is 0 Å². The molecule has 0 fully saturated rings. The van der Waals surface area contributed by atoms with Crippen LogP contribution < -0.4 is 10.2 Å². The van der Waals surface area contributed by atoms with E-state index in [1.165, 1.54) is 36.0 Å². The van der Waals surface area contributed by atoms with Crippen LogP contribution in [0.3, 0.4) is 0 Å². The smallest absolute Gasteiger partial charge is 0.294 e. The monoisotopic (exact) mass is 804 g/mol. The van der Waals surface area contributed by atoms with Gasteiger partial charge in [-0.2, -0.15) is 21.4 Å². The Morgan fingerprint density at radius 2 is 1.57 bits per heavy atom. The van der Waals surface area contributed by atoms with E-state index in [4.69, 9.17) is 11.6 Å². The van der Waals surface area contributed by atoms with Crippen molar-refractivity contribution in [3.8, 4) is 0 Å². The predicted octanol–water partition coefficient (Wildman–Crippen LogP) is 5.52. The van der Waals surface area contributed by atoms with E-state index in [-0.39, 0.29) is 21.0 Å². The fourth-order valence-corrected chi connectivity index (χ4v) is 8.53. The zero-order valence-corrected chi connectivity index (χ0v) is 33.3. The molecule has 2 aromatic carbocycles. The van der Waals surface area contributed by atoms with Gasteiger partial charge in [-0.1, -0.05) is 31.7 Å². The molecule has 5 rings (SSSR count). The van der Waals surface area contributed by atoms with Gasteiger partial charge in [0, 0.05) is 66.2 Å². The number of fused-ring (bicyclic) bond motifs is 2. The maximum atomic E-state index is 12.4. The molecule has 2 aliphatic heterocycles. The van der Waals surface area contributed by atoms with Crippen molar-refractivity contribution in [2.24, 2.45) is 0 Å². The fourth-order valence-electron chi connectivity index (χ4n) is 6.86. The number of carbonyl (C=O) groups is 1. The Morgan fingerprint density at radius 3 is 2.21 bits per heavy atom. The summed E-state index contributed by atoms with van der Waals surface area (Å²) in [5, 5.41) is 18.2. The molecule has 0 atom stereocenters. The van der Waals surface area contributed by atoms with Crippen LogP contribution in [0.15, 0.2) is 75.3 Å². The second-order valence-corrected chi connectivity index (χ2v) is 18.0. The number of nitrogens with zero attached hydrogens (tertiary/aromatic N) is 6. The number of halogens is 1. The molecule has 2 aliphatic rings. The van der Waals surface area contributed by atoms with Gasteiger partial charge in [0.15, 0.2) is 5.71 Å². The Hall–Kier alpha value is -3.74. The molecule has 0 saturated heterocycles. The lowest BCUT2D eigenvalue weighted by molar-refractivity contribution is -0.438. The van der Waals surface area contributed by atoms with Crippen molar-refractivity contribution in [1.29, 1.82) is 0 Å². The third kappa shape index (κ3) is 8.98. The van der Waals surface area contributed by atoms with Gasteiger partial charge in [-0.3, -0.25) is 13.9 Å². The molecular weight excluding hydrogens is 762 g/mol. The van der Waals surface area contributed by atoms with Crippen molar-refractivity contribution in [1.82, 2.24) is 25.7 Å². The summed E-state index contributed by atoms with van der Waals surface area (Å²) in [5.74, 6) is 0.499. The van der Waals surface area contributed by atoms with E-state index in [2.05, 4.69) is 35.2 Å². The van der Waals surface area contributed by atoms with Crippen molar-refractivity contribution >= 4 is 66.6 Å². The summed E-state index contributed by atoms with van der Waals surface area (Å²) in [6, 6.07) is 9.28. The number of unbranched alkanes of at least 4 members (excludes halogenated alkanes) is 2. The van der Waals surface area contributed by atoms with E-state index >= 15 is 0 Å². The maximum Gasteiger partial charge on any atom is 0.294 e. The fraction of sp³-hybridized carbons (Fsp3) is 0.429. The van der Waals surface area contributed by atoms with Gasteiger partial charge in [0.05, 0.1) is 15.2 Å². The number of amides is 1. The number of rotatable bonds is 15. The third-order valence-corrected chi connectivity index (χ3v) is 12.2. The molecule has 53 heavy (non-hydrogen) atoms. The molecular formula is C35H43ClN7O7S3+. The molecule has 0 saturated carbocycles. The number of hydrogen-bond donors (Lipinski definition) is 3. The van der Waals surface area contributed by atoms with Crippen LogP contribution in [0.2, 0.25) is 5.28 Å². The molecule has 3 aromatic rings. The standard InChI is InChI=1S/C35H42ClN7O7S3/c1-6-42-27-16-14-23(52(45,46)47)21-25(27)34(2,3)29(42)11-10-12-30-35(4,5)26-22-24(53(48,49)50)15-17-28(26)43(30)19-9-7-8-13-31(44)37-18-20-51-33-40-38-32(36)39-41-33/h10-12,14-17,21-22H,6-9,13,18-20H2,1-5H3,(H2-,37,44,45,46,47,48,49,50)/p+1. The average Bonchev–Trinajstić information content (AvgIpc) is 3.44. The summed E-state index contributed by atoms with van der Waals surface area (Å²) in [7, 11) is -8.80. The van der Waals surface area contributed by atoms with Crippen molar-refractivity contribution in [2.75, 3.05) is 30.3 Å². The van der Waals surface area contributed by atoms with Gasteiger partial charge in [-0.05, 0) is 87.2 Å². The summed E-state index contributed by atoms with van der Waals surface area (Å²) in [6.45, 7) is 11.7. The Labute approximate surface area is 319 Å². The Balaban J connectivity index is 1.32. The highest BCUT2D eigenvalue weighted by molar-refractivity contribution is 7.99. The van der Waals surface area contributed by atoms with Gasteiger partial charge >= 0.3 is 0 Å². The van der Waals surface area contributed by atoms with E-state index in [0.717, 1.165) is 46.8 Å². The Morgan fingerprint density at radius 1 is 0.925 bits per heavy atom. The zero-order chi connectivity index (χ0) is 38.8. The molecule has 3 heterocycles. The van der Waals surface area contributed by atoms with E-state index < -0.39 is 31.1 Å². The normalized spacial score (nSPS) is 17.1. The lowest BCUT2D eigenvalue weighted by Gasteiger charge is -2.25. The first-order valence-electron chi connectivity index (χ1n) is 17.0. The van der Waals surface area contributed by atoms with Gasteiger partial charge < -0.3 is 10.2 Å². The lowest BCUT2D eigenvalue weighted by atomic mass is 9.81. The SMILES string of the molecule is CCN1/C(=C/C=C/C2=[N+](CCCCCC(=O)NCCSc3nnc(Cl)nn3)c3ccc(S(=O)(=O)O)cc3C2(C)C)C(C)(C)c2cc(S(=O)(=O)O)ccc21. The average molecular weight is 805 g/mol. The van der Waals surface area contributed by atoms with Crippen LogP contribution in [0.5, 0.6) is 0 Å². The predicted molar refractivity (Wildman–Crippen MR) is 203 cm³/mol. The molecule has 0 unspecified atom stereocenters. The Kier molecular flexibility index (Phi) is 12.2. The van der Waals surface area contributed by atoms with Gasteiger partial charge in [0.1, 0.15) is 6.54 Å². The van der Waals surface area contributed by atoms with Crippen LogP contribution >= 0.6 is 23.4 Å². The first-order chi connectivity index (χ1) is 24.9. The minimum absolute atomic E-state index is 0.0312. The van der Waals surface area contributed by atoms with Crippen LogP contribution in [-0.2, 0) is 35.9 Å². The number of allylic oxidation sites excluding steroid dienone is 4. The highest BCUT2D eigenvalue weighted by atomic mass is 35.5. The summed E-state index contributed by atoms with van der Waals surface area (Å²) in [5.41, 5.74) is 3.89.